The number of aromatic nitrogens is 2. The van der Waals surface area contributed by atoms with Crippen LogP contribution in [0, 0.1) is 0 Å². The number of nitrogens with zero attached hydrogens (tertiary/aromatic N) is 2. The quantitative estimate of drug-likeness (QED) is 0.794. The zero-order valence-electron chi connectivity index (χ0n) is 9.96. The van der Waals surface area contributed by atoms with Crippen LogP contribution >= 0.6 is 23.4 Å². The minimum absolute atomic E-state index is 0.275. The summed E-state index contributed by atoms with van der Waals surface area (Å²) >= 11 is 7.63. The summed E-state index contributed by atoms with van der Waals surface area (Å²) in [5, 5.41) is 3.61. The van der Waals surface area contributed by atoms with Gasteiger partial charge in [0.15, 0.2) is 0 Å². The highest BCUT2D eigenvalue weighted by atomic mass is 35.5. The predicted molar refractivity (Wildman–Crippen MR) is 72.4 cm³/mol. The Bertz CT molecular complexity index is 320. The molecule has 90 valence electrons. The molecule has 0 atom stereocenters. The van der Waals surface area contributed by atoms with E-state index in [-0.39, 0.29) is 10.0 Å². The van der Waals surface area contributed by atoms with Crippen molar-refractivity contribution >= 4 is 29.2 Å². The first-order chi connectivity index (χ1) is 7.65. The third-order valence-corrected chi connectivity index (χ3v) is 4.71. The lowest BCUT2D eigenvalue weighted by molar-refractivity contribution is 0.574. The van der Waals surface area contributed by atoms with Gasteiger partial charge in [-0.15, -0.1) is 0 Å². The third-order valence-electron chi connectivity index (χ3n) is 2.94. The summed E-state index contributed by atoms with van der Waals surface area (Å²) in [7, 11) is 0. The molecule has 0 spiro atoms. The van der Waals surface area contributed by atoms with E-state index in [4.69, 9.17) is 11.6 Å². The number of nitrogens with one attached hydrogen (secondary N) is 1. The highest BCUT2D eigenvalue weighted by Gasteiger charge is 2.24. The lowest BCUT2D eigenvalue weighted by atomic mass is 10.0. The molecule has 0 aliphatic carbocycles. The summed E-state index contributed by atoms with van der Waals surface area (Å²) in [5.74, 6) is 0.792. The number of thioether (sulfide) groups is 1. The van der Waals surface area contributed by atoms with E-state index in [1.54, 1.807) is 6.20 Å². The molecule has 1 rings (SSSR count). The molecule has 0 aliphatic rings. The van der Waals surface area contributed by atoms with Crippen LogP contribution in [0.25, 0.3) is 0 Å². The second-order valence-corrected chi connectivity index (χ2v) is 5.27. The van der Waals surface area contributed by atoms with Crippen LogP contribution in [0.1, 0.15) is 26.7 Å². The molecule has 1 N–H and O–H groups in total. The van der Waals surface area contributed by atoms with Crippen molar-refractivity contribution < 1.29 is 0 Å². The maximum Gasteiger partial charge on any atom is 0.224 e. The first-order valence-electron chi connectivity index (χ1n) is 5.43. The van der Waals surface area contributed by atoms with Gasteiger partial charge < -0.3 is 5.32 Å². The van der Waals surface area contributed by atoms with Crippen LogP contribution in [-0.4, -0.2) is 27.5 Å². The Kier molecular flexibility index (Phi) is 5.35. The van der Waals surface area contributed by atoms with Gasteiger partial charge in [-0.1, -0.05) is 13.8 Å². The van der Waals surface area contributed by atoms with Crippen LogP contribution in [0.3, 0.4) is 0 Å². The van der Waals surface area contributed by atoms with E-state index in [2.05, 4.69) is 35.4 Å². The largest absolute Gasteiger partial charge is 0.369 e. The molecule has 16 heavy (non-hydrogen) atoms. The summed E-state index contributed by atoms with van der Waals surface area (Å²) < 4.78 is 0.275. The summed E-state index contributed by atoms with van der Waals surface area (Å²) in [4.78, 5) is 7.97. The molecular weight excluding hydrogens is 242 g/mol. The van der Waals surface area contributed by atoms with Crippen molar-refractivity contribution in [2.45, 2.75) is 31.4 Å². The summed E-state index contributed by atoms with van der Waals surface area (Å²) in [6.07, 6.45) is 6.09. The van der Waals surface area contributed by atoms with Gasteiger partial charge in [0.25, 0.3) is 0 Å². The zero-order chi connectivity index (χ0) is 12.0. The van der Waals surface area contributed by atoms with E-state index >= 15 is 0 Å². The van der Waals surface area contributed by atoms with Gasteiger partial charge in [-0.05, 0) is 36.8 Å². The van der Waals surface area contributed by atoms with Crippen molar-refractivity contribution in [3.05, 3.63) is 17.5 Å². The number of hydrogen-bond donors (Lipinski definition) is 1. The van der Waals surface area contributed by atoms with Crippen molar-refractivity contribution in [3.63, 3.8) is 0 Å². The molecule has 5 heteroatoms. The van der Waals surface area contributed by atoms with E-state index in [1.165, 1.54) is 0 Å². The van der Waals surface area contributed by atoms with Crippen LogP contribution < -0.4 is 5.32 Å². The molecule has 0 saturated heterocycles. The molecule has 0 aromatic carbocycles. The number of halogens is 1. The van der Waals surface area contributed by atoms with E-state index in [0.29, 0.717) is 0 Å². The standard InChI is InChI=1S/C11H18ClN3S/c1-4-11(5-2,16-3)8-14-9-6-7-13-10(12)15-9/h6-7H,4-5,8H2,1-3H3,(H,13,14,15). The third kappa shape index (κ3) is 3.52. The Labute approximate surface area is 106 Å². The fourth-order valence-corrected chi connectivity index (χ4v) is 2.49. The smallest absolute Gasteiger partial charge is 0.224 e. The minimum Gasteiger partial charge on any atom is -0.369 e. The Balaban J connectivity index is 2.62. The van der Waals surface area contributed by atoms with Crippen molar-refractivity contribution in [2.75, 3.05) is 18.1 Å². The second kappa shape index (κ2) is 6.30. The monoisotopic (exact) mass is 259 g/mol. The maximum atomic E-state index is 5.73. The van der Waals surface area contributed by atoms with Gasteiger partial charge in [-0.3, -0.25) is 0 Å². The SMILES string of the molecule is CCC(CC)(CNc1ccnc(Cl)n1)SC. The first kappa shape index (κ1) is 13.6. The van der Waals surface area contributed by atoms with Crippen LogP contribution in [0.2, 0.25) is 5.28 Å². The molecular formula is C11H18ClN3S. The van der Waals surface area contributed by atoms with Crippen LogP contribution in [0.5, 0.6) is 0 Å². The molecule has 1 aromatic heterocycles. The van der Waals surface area contributed by atoms with E-state index in [9.17, 15) is 0 Å². The number of anilines is 1. The van der Waals surface area contributed by atoms with E-state index < -0.39 is 0 Å². The summed E-state index contributed by atoms with van der Waals surface area (Å²) in [6.45, 7) is 5.33. The number of rotatable bonds is 6. The van der Waals surface area contributed by atoms with Crippen LogP contribution in [-0.2, 0) is 0 Å². The molecule has 0 amide bonds. The highest BCUT2D eigenvalue weighted by molar-refractivity contribution is 8.00. The fraction of sp³-hybridized carbons (Fsp3) is 0.636. The Hall–Kier alpha value is -0.480. The highest BCUT2D eigenvalue weighted by Crippen LogP contribution is 2.30. The molecule has 0 radical (unpaired) electrons. The van der Waals surface area contributed by atoms with Gasteiger partial charge in [-0.25, -0.2) is 9.97 Å². The molecule has 0 unspecified atom stereocenters. The van der Waals surface area contributed by atoms with Gasteiger partial charge >= 0.3 is 0 Å². The van der Waals surface area contributed by atoms with Gasteiger partial charge in [0, 0.05) is 17.5 Å². The molecule has 0 fully saturated rings. The van der Waals surface area contributed by atoms with Gasteiger partial charge in [0.1, 0.15) is 5.82 Å². The van der Waals surface area contributed by atoms with Gasteiger partial charge in [0.2, 0.25) is 5.28 Å². The lowest BCUT2D eigenvalue weighted by Gasteiger charge is -2.30. The maximum absolute atomic E-state index is 5.73. The second-order valence-electron chi connectivity index (χ2n) is 3.66. The predicted octanol–water partition coefficient (Wildman–Crippen LogP) is 3.46. The number of hydrogen-bond acceptors (Lipinski definition) is 4. The first-order valence-corrected chi connectivity index (χ1v) is 7.03. The Morgan fingerprint density at radius 3 is 2.62 bits per heavy atom. The molecule has 1 aromatic rings. The summed E-state index contributed by atoms with van der Waals surface area (Å²) in [6, 6.07) is 1.84. The van der Waals surface area contributed by atoms with Crippen LogP contribution in [0.4, 0.5) is 5.82 Å². The van der Waals surface area contributed by atoms with E-state index in [0.717, 1.165) is 25.2 Å². The molecule has 0 saturated carbocycles. The topological polar surface area (TPSA) is 37.8 Å². The van der Waals surface area contributed by atoms with Crippen LogP contribution in [0.15, 0.2) is 12.3 Å². The lowest BCUT2D eigenvalue weighted by Crippen LogP contribution is -2.32. The normalized spacial score (nSPS) is 11.5. The zero-order valence-corrected chi connectivity index (χ0v) is 11.5. The van der Waals surface area contributed by atoms with Crippen molar-refractivity contribution in [1.82, 2.24) is 9.97 Å². The average Bonchev–Trinajstić information content (AvgIpc) is 2.32. The molecule has 3 nitrogen and oxygen atoms in total. The molecule has 1 heterocycles. The Morgan fingerprint density at radius 2 is 2.12 bits per heavy atom. The average molecular weight is 260 g/mol. The van der Waals surface area contributed by atoms with Gasteiger partial charge in [-0.2, -0.15) is 11.8 Å². The molecule has 0 aliphatic heterocycles. The van der Waals surface area contributed by atoms with E-state index in [1.807, 2.05) is 17.8 Å². The molecule has 0 bridgehead atoms. The van der Waals surface area contributed by atoms with Gasteiger partial charge in [0.05, 0.1) is 0 Å². The minimum atomic E-state index is 0.275. The van der Waals surface area contributed by atoms with Crippen molar-refractivity contribution in [3.8, 4) is 0 Å². The summed E-state index contributed by atoms with van der Waals surface area (Å²) in [5.41, 5.74) is 0. The Morgan fingerprint density at radius 1 is 1.44 bits per heavy atom. The van der Waals surface area contributed by atoms with Crippen molar-refractivity contribution in [2.24, 2.45) is 0 Å². The fourth-order valence-electron chi connectivity index (χ4n) is 1.55. The van der Waals surface area contributed by atoms with Crippen molar-refractivity contribution in [1.29, 1.82) is 0 Å².